The maximum absolute atomic E-state index is 12.4. The van der Waals surface area contributed by atoms with Gasteiger partial charge in [0.1, 0.15) is 0 Å². The summed E-state index contributed by atoms with van der Waals surface area (Å²) in [5, 5.41) is 0. The van der Waals surface area contributed by atoms with Crippen molar-refractivity contribution in [3.05, 3.63) is 64.3 Å². The van der Waals surface area contributed by atoms with Crippen LogP contribution < -0.4 is 9.47 Å². The fourth-order valence-corrected chi connectivity index (χ4v) is 3.15. The van der Waals surface area contributed by atoms with Crippen LogP contribution in [0.2, 0.25) is 0 Å². The lowest BCUT2D eigenvalue weighted by Crippen LogP contribution is -2.35. The summed E-state index contributed by atoms with van der Waals surface area (Å²) in [6.45, 7) is 7.99. The Bertz CT molecular complexity index is 1100. The number of esters is 1. The Hall–Kier alpha value is -3.61. The predicted molar refractivity (Wildman–Crippen MR) is 123 cm³/mol. The van der Waals surface area contributed by atoms with Gasteiger partial charge in [0.2, 0.25) is 5.90 Å². The van der Waals surface area contributed by atoms with E-state index in [9.17, 15) is 9.59 Å². The Balaban J connectivity index is 1.88. The van der Waals surface area contributed by atoms with E-state index in [1.807, 2.05) is 39.0 Å². The Labute approximate surface area is 188 Å². The number of hydrogen-bond acceptors (Lipinski definition) is 6. The van der Waals surface area contributed by atoms with Crippen molar-refractivity contribution in [3.63, 3.8) is 0 Å². The Morgan fingerprint density at radius 1 is 1.12 bits per heavy atom. The zero-order valence-electron chi connectivity index (χ0n) is 19.3. The minimum absolute atomic E-state index is 0.152. The Morgan fingerprint density at radius 2 is 1.88 bits per heavy atom. The third-order valence-electron chi connectivity index (χ3n) is 5.04. The smallest absolute Gasteiger partial charge is 0.363 e. The molecule has 2 aromatic rings. The number of ether oxygens (including phenoxy) is 3. The molecule has 0 radical (unpaired) electrons. The number of carbonyl (C=O) groups excluding carboxylic acids is 2. The van der Waals surface area contributed by atoms with E-state index in [2.05, 4.69) is 4.99 Å². The molecule has 1 atom stereocenters. The SMILES string of the molecule is CCOc1cc(C=C2N=C(c3ccc(C)c(C)c3)OC2=O)ccc1OC(C)C(=O)N(C)C. The molecule has 3 rings (SSSR count). The molecule has 1 aliphatic heterocycles. The van der Waals surface area contributed by atoms with Gasteiger partial charge in [-0.05, 0) is 74.7 Å². The van der Waals surface area contributed by atoms with Crippen molar-refractivity contribution < 1.29 is 23.8 Å². The number of hydrogen-bond donors (Lipinski definition) is 0. The highest BCUT2D eigenvalue weighted by Crippen LogP contribution is 2.31. The fraction of sp³-hybridized carbons (Fsp3) is 0.320. The van der Waals surface area contributed by atoms with E-state index < -0.39 is 12.1 Å². The van der Waals surface area contributed by atoms with E-state index in [0.717, 1.165) is 16.7 Å². The van der Waals surface area contributed by atoms with Gasteiger partial charge in [0.05, 0.1) is 6.61 Å². The van der Waals surface area contributed by atoms with Crippen LogP contribution in [0.5, 0.6) is 11.5 Å². The van der Waals surface area contributed by atoms with Crippen LogP contribution in [0.15, 0.2) is 47.1 Å². The molecule has 7 nitrogen and oxygen atoms in total. The molecule has 0 spiro atoms. The van der Waals surface area contributed by atoms with Gasteiger partial charge in [-0.3, -0.25) is 4.79 Å². The van der Waals surface area contributed by atoms with Crippen LogP contribution in [-0.2, 0) is 14.3 Å². The first-order chi connectivity index (χ1) is 15.2. The molecule has 0 N–H and O–H groups in total. The number of benzene rings is 2. The van der Waals surface area contributed by atoms with Crippen LogP contribution in [0.25, 0.3) is 6.08 Å². The molecule has 32 heavy (non-hydrogen) atoms. The summed E-state index contributed by atoms with van der Waals surface area (Å²) in [5.41, 5.74) is 3.90. The van der Waals surface area contributed by atoms with Gasteiger partial charge in [0.15, 0.2) is 23.3 Å². The monoisotopic (exact) mass is 436 g/mol. The second-order valence-electron chi connectivity index (χ2n) is 7.77. The summed E-state index contributed by atoms with van der Waals surface area (Å²) in [6, 6.07) is 11.0. The standard InChI is InChI=1S/C25H28N2O5/c1-7-30-22-14-18(9-11-21(22)31-17(4)24(28)27(5)6)13-20-25(29)32-23(26-20)19-10-8-15(2)16(3)12-19/h8-14,17H,7H2,1-6H3. The number of likely N-dealkylation sites (N-methyl/N-ethyl adjacent to an activating group) is 1. The number of rotatable bonds is 7. The zero-order valence-corrected chi connectivity index (χ0v) is 19.3. The topological polar surface area (TPSA) is 77.4 Å². The molecule has 0 fully saturated rings. The number of amides is 1. The van der Waals surface area contributed by atoms with Crippen molar-refractivity contribution in [1.82, 2.24) is 4.90 Å². The number of aliphatic imine (C=N–C) groups is 1. The number of nitrogens with zero attached hydrogens (tertiary/aromatic N) is 2. The zero-order chi connectivity index (χ0) is 23.4. The fourth-order valence-electron chi connectivity index (χ4n) is 3.15. The molecule has 2 aromatic carbocycles. The van der Waals surface area contributed by atoms with Gasteiger partial charge in [-0.2, -0.15) is 0 Å². The van der Waals surface area contributed by atoms with Crippen molar-refractivity contribution in [2.75, 3.05) is 20.7 Å². The van der Waals surface area contributed by atoms with E-state index in [4.69, 9.17) is 14.2 Å². The second-order valence-corrected chi connectivity index (χ2v) is 7.77. The minimum atomic E-state index is -0.664. The lowest BCUT2D eigenvalue weighted by molar-refractivity contribution is -0.135. The molecule has 1 unspecified atom stereocenters. The molecule has 0 saturated heterocycles. The van der Waals surface area contributed by atoms with E-state index in [-0.39, 0.29) is 17.5 Å². The minimum Gasteiger partial charge on any atom is -0.490 e. The molecular weight excluding hydrogens is 408 g/mol. The van der Waals surface area contributed by atoms with Crippen LogP contribution in [-0.4, -0.2) is 49.5 Å². The van der Waals surface area contributed by atoms with Crippen LogP contribution in [0.3, 0.4) is 0 Å². The van der Waals surface area contributed by atoms with Crippen molar-refractivity contribution in [1.29, 1.82) is 0 Å². The Kier molecular flexibility index (Phi) is 6.98. The predicted octanol–water partition coefficient (Wildman–Crippen LogP) is 3.90. The molecule has 0 bridgehead atoms. The van der Waals surface area contributed by atoms with Gasteiger partial charge in [-0.25, -0.2) is 9.79 Å². The number of carbonyl (C=O) groups is 2. The summed E-state index contributed by atoms with van der Waals surface area (Å²) in [6.07, 6.45) is 0.972. The summed E-state index contributed by atoms with van der Waals surface area (Å²) in [5.74, 6) is 0.544. The lowest BCUT2D eigenvalue weighted by atomic mass is 10.1. The maximum Gasteiger partial charge on any atom is 0.363 e. The van der Waals surface area contributed by atoms with E-state index in [1.54, 1.807) is 45.3 Å². The van der Waals surface area contributed by atoms with Crippen molar-refractivity contribution in [2.45, 2.75) is 33.8 Å². The van der Waals surface area contributed by atoms with Crippen molar-refractivity contribution in [3.8, 4) is 11.5 Å². The van der Waals surface area contributed by atoms with E-state index >= 15 is 0 Å². The largest absolute Gasteiger partial charge is 0.490 e. The van der Waals surface area contributed by atoms with Crippen LogP contribution in [0.1, 0.15) is 36.1 Å². The highest BCUT2D eigenvalue weighted by molar-refractivity contribution is 6.12. The van der Waals surface area contributed by atoms with Gasteiger partial charge < -0.3 is 19.1 Å². The number of aryl methyl sites for hydroxylation is 2. The van der Waals surface area contributed by atoms with Crippen molar-refractivity contribution >= 4 is 23.9 Å². The molecule has 0 aliphatic carbocycles. The molecule has 168 valence electrons. The normalized spacial score (nSPS) is 15.2. The molecule has 1 amide bonds. The lowest BCUT2D eigenvalue weighted by Gasteiger charge is -2.20. The molecule has 0 saturated carbocycles. The number of cyclic esters (lactones) is 1. The average molecular weight is 437 g/mol. The van der Waals surface area contributed by atoms with E-state index in [1.165, 1.54) is 4.90 Å². The summed E-state index contributed by atoms with van der Waals surface area (Å²) >= 11 is 0. The van der Waals surface area contributed by atoms with Gasteiger partial charge in [0.25, 0.3) is 5.91 Å². The van der Waals surface area contributed by atoms with Gasteiger partial charge in [0, 0.05) is 19.7 Å². The van der Waals surface area contributed by atoms with Crippen LogP contribution >= 0.6 is 0 Å². The molecule has 0 aromatic heterocycles. The third kappa shape index (κ3) is 5.17. The first kappa shape index (κ1) is 23.1. The van der Waals surface area contributed by atoms with E-state index in [0.29, 0.717) is 23.7 Å². The molecule has 1 heterocycles. The second kappa shape index (κ2) is 9.68. The maximum atomic E-state index is 12.4. The average Bonchev–Trinajstić information content (AvgIpc) is 3.11. The molecule has 7 heteroatoms. The van der Waals surface area contributed by atoms with Gasteiger partial charge >= 0.3 is 5.97 Å². The molecule has 1 aliphatic rings. The first-order valence-electron chi connectivity index (χ1n) is 10.4. The highest BCUT2D eigenvalue weighted by Gasteiger charge is 2.25. The third-order valence-corrected chi connectivity index (χ3v) is 5.04. The van der Waals surface area contributed by atoms with Gasteiger partial charge in [-0.1, -0.05) is 12.1 Å². The highest BCUT2D eigenvalue weighted by atomic mass is 16.6. The first-order valence-corrected chi connectivity index (χ1v) is 10.4. The van der Waals surface area contributed by atoms with Crippen LogP contribution in [0.4, 0.5) is 0 Å². The van der Waals surface area contributed by atoms with Crippen molar-refractivity contribution in [2.24, 2.45) is 4.99 Å². The summed E-state index contributed by atoms with van der Waals surface area (Å²) in [7, 11) is 3.35. The quantitative estimate of drug-likeness (QED) is 0.486. The molecular formula is C25H28N2O5. The van der Waals surface area contributed by atoms with Crippen LogP contribution in [0, 0.1) is 13.8 Å². The summed E-state index contributed by atoms with van der Waals surface area (Å²) in [4.78, 5) is 30.3. The Morgan fingerprint density at radius 3 is 2.53 bits per heavy atom. The van der Waals surface area contributed by atoms with Gasteiger partial charge in [-0.15, -0.1) is 0 Å². The summed E-state index contributed by atoms with van der Waals surface area (Å²) < 4.78 is 16.9.